The molecule has 27 heavy (non-hydrogen) atoms. The maximum atomic E-state index is 12.2. The molecule has 1 fully saturated rings. The molecule has 8 nitrogen and oxygen atoms in total. The molecule has 1 unspecified atom stereocenters. The lowest BCUT2D eigenvalue weighted by Gasteiger charge is -2.19. The molecule has 1 aromatic carbocycles. The molecule has 1 saturated heterocycles. The van der Waals surface area contributed by atoms with Crippen LogP contribution in [0.3, 0.4) is 0 Å². The van der Waals surface area contributed by atoms with E-state index in [1.165, 1.54) is 7.11 Å². The summed E-state index contributed by atoms with van der Waals surface area (Å²) in [6.07, 6.45) is 1.53. The molecule has 0 saturated carbocycles. The Balaban J connectivity index is 1.72. The van der Waals surface area contributed by atoms with Crippen molar-refractivity contribution in [3.8, 4) is 11.5 Å². The van der Waals surface area contributed by atoms with Crippen molar-refractivity contribution in [3.63, 3.8) is 0 Å². The van der Waals surface area contributed by atoms with Crippen LogP contribution in [0.4, 0.5) is 0 Å². The number of aliphatic hydroxyl groups excluding tert-OH is 1. The second-order valence-corrected chi connectivity index (χ2v) is 6.70. The Morgan fingerprint density at radius 1 is 1.33 bits per heavy atom. The highest BCUT2D eigenvalue weighted by Crippen LogP contribution is 2.37. The number of nitrogens with zero attached hydrogens (tertiary/aromatic N) is 3. The molecule has 1 aliphatic heterocycles. The van der Waals surface area contributed by atoms with E-state index in [2.05, 4.69) is 10.1 Å². The van der Waals surface area contributed by atoms with Crippen LogP contribution in [0, 0.1) is 0 Å². The van der Waals surface area contributed by atoms with Gasteiger partial charge < -0.3 is 24.0 Å². The molecule has 9 heteroatoms. The number of carbonyl (C=O) groups excluding carboxylic acids is 1. The van der Waals surface area contributed by atoms with Crippen molar-refractivity contribution in [1.82, 2.24) is 15.0 Å². The summed E-state index contributed by atoms with van der Waals surface area (Å²) in [7, 11) is 3.06. The molecule has 1 aromatic heterocycles. The fourth-order valence-electron chi connectivity index (χ4n) is 3.07. The van der Waals surface area contributed by atoms with Gasteiger partial charge in [-0.25, -0.2) is 0 Å². The Kier molecular flexibility index (Phi) is 6.18. The van der Waals surface area contributed by atoms with Gasteiger partial charge in [0.15, 0.2) is 17.3 Å². The lowest BCUT2D eigenvalue weighted by Crippen LogP contribution is -2.37. The van der Waals surface area contributed by atoms with Crippen LogP contribution < -0.4 is 9.47 Å². The van der Waals surface area contributed by atoms with E-state index in [0.717, 1.165) is 18.4 Å². The number of ether oxygens (including phenoxy) is 2. The van der Waals surface area contributed by atoms with E-state index in [1.807, 2.05) is 6.07 Å². The van der Waals surface area contributed by atoms with Crippen molar-refractivity contribution < 1.29 is 23.9 Å². The van der Waals surface area contributed by atoms with Gasteiger partial charge in [0.05, 0.1) is 19.2 Å². The van der Waals surface area contributed by atoms with E-state index in [0.29, 0.717) is 47.6 Å². The highest BCUT2D eigenvalue weighted by Gasteiger charge is 2.26. The molecule has 0 aliphatic carbocycles. The molecule has 1 aliphatic rings. The average Bonchev–Trinajstić information content (AvgIpc) is 3.05. The van der Waals surface area contributed by atoms with Gasteiger partial charge in [0.2, 0.25) is 5.89 Å². The molecule has 0 radical (unpaired) electrons. The van der Waals surface area contributed by atoms with Gasteiger partial charge in [0.25, 0.3) is 5.91 Å². The first-order chi connectivity index (χ1) is 13.0. The predicted molar refractivity (Wildman–Crippen MR) is 96.9 cm³/mol. The Bertz CT molecular complexity index is 810. The quantitative estimate of drug-likeness (QED) is 0.800. The molecule has 0 bridgehead atoms. The zero-order chi connectivity index (χ0) is 19.4. The summed E-state index contributed by atoms with van der Waals surface area (Å²) in [5, 5.41) is 14.2. The minimum Gasteiger partial charge on any atom is -0.493 e. The SMILES string of the molecule is COc1ccc(Cc2noc(CN3CCCCC(O)C3=O)n2)c(Cl)c1OC. The van der Waals surface area contributed by atoms with Crippen molar-refractivity contribution in [1.29, 1.82) is 0 Å². The number of hydrogen-bond donors (Lipinski definition) is 1. The van der Waals surface area contributed by atoms with Gasteiger partial charge in [-0.3, -0.25) is 4.79 Å². The zero-order valence-electron chi connectivity index (χ0n) is 15.3. The monoisotopic (exact) mass is 395 g/mol. The molecule has 146 valence electrons. The average molecular weight is 396 g/mol. The number of likely N-dealkylation sites (tertiary alicyclic amines) is 1. The van der Waals surface area contributed by atoms with Gasteiger partial charge in [0, 0.05) is 13.0 Å². The minimum atomic E-state index is -0.958. The molecule has 3 rings (SSSR count). The van der Waals surface area contributed by atoms with Gasteiger partial charge in [-0.2, -0.15) is 4.98 Å². The lowest BCUT2D eigenvalue weighted by molar-refractivity contribution is -0.140. The van der Waals surface area contributed by atoms with Crippen LogP contribution in [0.5, 0.6) is 11.5 Å². The summed E-state index contributed by atoms with van der Waals surface area (Å²) in [5.41, 5.74) is 0.767. The topological polar surface area (TPSA) is 97.9 Å². The highest BCUT2D eigenvalue weighted by molar-refractivity contribution is 6.33. The van der Waals surface area contributed by atoms with E-state index < -0.39 is 6.10 Å². The first kappa shape index (κ1) is 19.4. The molecular weight excluding hydrogens is 374 g/mol. The summed E-state index contributed by atoms with van der Waals surface area (Å²) in [6.45, 7) is 0.748. The maximum Gasteiger partial charge on any atom is 0.251 e. The normalized spacial score (nSPS) is 17.7. The van der Waals surface area contributed by atoms with Crippen molar-refractivity contribution in [2.45, 2.75) is 38.3 Å². The van der Waals surface area contributed by atoms with Gasteiger partial charge >= 0.3 is 0 Å². The van der Waals surface area contributed by atoms with Gasteiger partial charge in [-0.1, -0.05) is 22.8 Å². The zero-order valence-corrected chi connectivity index (χ0v) is 16.0. The van der Waals surface area contributed by atoms with Gasteiger partial charge in [0.1, 0.15) is 12.6 Å². The van der Waals surface area contributed by atoms with E-state index in [4.69, 9.17) is 25.6 Å². The van der Waals surface area contributed by atoms with Crippen molar-refractivity contribution in [2.75, 3.05) is 20.8 Å². The number of aliphatic hydroxyl groups is 1. The Labute approximate surface area is 162 Å². The molecule has 0 spiro atoms. The predicted octanol–water partition coefficient (Wildman–Crippen LogP) is 2.20. The Morgan fingerprint density at radius 2 is 2.15 bits per heavy atom. The summed E-state index contributed by atoms with van der Waals surface area (Å²) >= 11 is 6.39. The number of aromatic nitrogens is 2. The molecule has 2 aromatic rings. The van der Waals surface area contributed by atoms with Crippen LogP contribution >= 0.6 is 11.6 Å². The third-order valence-electron chi connectivity index (χ3n) is 4.50. The highest BCUT2D eigenvalue weighted by atomic mass is 35.5. The van der Waals surface area contributed by atoms with Crippen LogP contribution in [0.15, 0.2) is 16.7 Å². The van der Waals surface area contributed by atoms with Crippen molar-refractivity contribution in [2.24, 2.45) is 0 Å². The number of hydrogen-bond acceptors (Lipinski definition) is 7. The summed E-state index contributed by atoms with van der Waals surface area (Å²) in [5.74, 6) is 1.46. The number of carbonyl (C=O) groups is 1. The van der Waals surface area contributed by atoms with E-state index in [-0.39, 0.29) is 12.5 Å². The van der Waals surface area contributed by atoms with Crippen LogP contribution in [-0.2, 0) is 17.8 Å². The van der Waals surface area contributed by atoms with E-state index in [1.54, 1.807) is 18.1 Å². The Hall–Kier alpha value is -2.32. The first-order valence-corrected chi connectivity index (χ1v) is 9.09. The van der Waals surface area contributed by atoms with Crippen molar-refractivity contribution >= 4 is 17.5 Å². The van der Waals surface area contributed by atoms with Crippen LogP contribution in [-0.4, -0.2) is 52.9 Å². The largest absolute Gasteiger partial charge is 0.493 e. The lowest BCUT2D eigenvalue weighted by atomic mass is 10.1. The molecule has 1 N–H and O–H groups in total. The summed E-state index contributed by atoms with van der Waals surface area (Å²) in [6, 6.07) is 3.58. The number of benzene rings is 1. The second-order valence-electron chi connectivity index (χ2n) is 6.33. The smallest absolute Gasteiger partial charge is 0.251 e. The third-order valence-corrected chi connectivity index (χ3v) is 4.92. The fraction of sp³-hybridized carbons (Fsp3) is 0.500. The molecule has 2 heterocycles. The van der Waals surface area contributed by atoms with Gasteiger partial charge in [-0.15, -0.1) is 0 Å². The van der Waals surface area contributed by atoms with Gasteiger partial charge in [-0.05, 0) is 30.9 Å². The van der Waals surface area contributed by atoms with Crippen LogP contribution in [0.1, 0.15) is 36.5 Å². The first-order valence-electron chi connectivity index (χ1n) is 8.71. The Morgan fingerprint density at radius 3 is 2.89 bits per heavy atom. The summed E-state index contributed by atoms with van der Waals surface area (Å²) in [4.78, 5) is 18.1. The fourth-order valence-corrected chi connectivity index (χ4v) is 3.37. The standard InChI is InChI=1S/C18H22ClN3O5/c1-25-13-7-6-11(16(19)17(13)26-2)9-14-20-15(27-21-14)10-22-8-4-3-5-12(23)18(22)24/h6-7,12,23H,3-5,8-10H2,1-2H3. The minimum absolute atomic E-state index is 0.183. The number of amides is 1. The third kappa shape index (κ3) is 4.33. The molecular formula is C18H22ClN3O5. The number of halogens is 1. The maximum absolute atomic E-state index is 12.2. The number of methoxy groups -OCH3 is 2. The molecule has 1 atom stereocenters. The van der Waals surface area contributed by atoms with Crippen LogP contribution in [0.2, 0.25) is 5.02 Å². The van der Waals surface area contributed by atoms with E-state index >= 15 is 0 Å². The van der Waals surface area contributed by atoms with Crippen molar-refractivity contribution in [3.05, 3.63) is 34.4 Å². The van der Waals surface area contributed by atoms with E-state index in [9.17, 15) is 9.90 Å². The molecule has 1 amide bonds. The number of rotatable bonds is 6. The second kappa shape index (κ2) is 8.58. The van der Waals surface area contributed by atoms with Crippen LogP contribution in [0.25, 0.3) is 0 Å². The summed E-state index contributed by atoms with van der Waals surface area (Å²) < 4.78 is 15.8.